The summed E-state index contributed by atoms with van der Waals surface area (Å²) in [4.78, 5) is 23.4. The van der Waals surface area contributed by atoms with Crippen LogP contribution in [0.5, 0.6) is 0 Å². The first kappa shape index (κ1) is 32.7. The highest BCUT2D eigenvalue weighted by atomic mass is 16.6. The van der Waals surface area contributed by atoms with Crippen molar-refractivity contribution in [3.63, 3.8) is 0 Å². The second kappa shape index (κ2) is 26.3. The molecule has 1 unspecified atom stereocenters. The molecule has 0 saturated carbocycles. The molecule has 0 bridgehead atoms. The number of hydrogen-bond donors (Lipinski definition) is 1. The van der Waals surface area contributed by atoms with Gasteiger partial charge in [0.2, 0.25) is 0 Å². The Kier molecular flexibility index (Phi) is 25.3. The van der Waals surface area contributed by atoms with Crippen molar-refractivity contribution in [2.24, 2.45) is 0 Å². The summed E-state index contributed by atoms with van der Waals surface area (Å²) in [5.41, 5.74) is 0. The topological polar surface area (TPSA) is 63.6 Å². The Morgan fingerprint density at radius 2 is 1.03 bits per heavy atom. The van der Waals surface area contributed by atoms with Crippen molar-refractivity contribution < 1.29 is 19.4 Å². The molecule has 200 valence electrons. The summed E-state index contributed by atoms with van der Waals surface area (Å²) in [6.07, 6.45) is 29.5. The van der Waals surface area contributed by atoms with Crippen LogP contribution in [0.3, 0.4) is 0 Å². The normalized spacial score (nSPS) is 12.3. The first-order valence-electron chi connectivity index (χ1n) is 14.7. The number of carbonyl (C=O) groups excluding carboxylic acids is 1. The Hall–Kier alpha value is -1.32. The van der Waals surface area contributed by atoms with Gasteiger partial charge in [-0.25, -0.2) is 4.79 Å². The summed E-state index contributed by atoms with van der Waals surface area (Å²) >= 11 is 0. The van der Waals surface area contributed by atoms with Crippen LogP contribution in [0.2, 0.25) is 0 Å². The molecule has 0 aromatic rings. The number of aliphatic carboxylic acids is 1. The van der Waals surface area contributed by atoms with Crippen molar-refractivity contribution in [1.82, 2.24) is 0 Å². The molecule has 4 nitrogen and oxygen atoms in total. The third-order valence-corrected chi connectivity index (χ3v) is 6.51. The third kappa shape index (κ3) is 23.8. The minimum absolute atomic E-state index is 0.333. The summed E-state index contributed by atoms with van der Waals surface area (Å²) in [5, 5.41) is 9.34. The zero-order chi connectivity index (χ0) is 25.1. The number of esters is 1. The van der Waals surface area contributed by atoms with Crippen LogP contribution in [-0.2, 0) is 14.3 Å². The van der Waals surface area contributed by atoms with Gasteiger partial charge in [-0.15, -0.1) is 0 Å². The highest BCUT2D eigenvalue weighted by Gasteiger charge is 2.21. The van der Waals surface area contributed by atoms with Crippen molar-refractivity contribution >= 4 is 11.9 Å². The number of rotatable bonds is 26. The monoisotopic (exact) mass is 480 g/mol. The maximum absolute atomic E-state index is 12.0. The zero-order valence-electron chi connectivity index (χ0n) is 22.7. The average Bonchev–Trinajstić information content (AvgIpc) is 2.82. The molecular formula is C30H56O4. The van der Waals surface area contributed by atoms with Gasteiger partial charge in [0.05, 0.1) is 0 Å². The molecule has 0 heterocycles. The Labute approximate surface area is 211 Å². The Morgan fingerprint density at radius 1 is 0.618 bits per heavy atom. The molecule has 0 fully saturated rings. The van der Waals surface area contributed by atoms with Gasteiger partial charge in [0.1, 0.15) is 0 Å². The molecule has 1 atom stereocenters. The van der Waals surface area contributed by atoms with Crippen LogP contribution in [0, 0.1) is 0 Å². The van der Waals surface area contributed by atoms with Crippen LogP contribution in [-0.4, -0.2) is 23.1 Å². The fourth-order valence-electron chi connectivity index (χ4n) is 4.25. The number of unbranched alkanes of at least 4 members (excludes halogenated alkanes) is 18. The van der Waals surface area contributed by atoms with Crippen molar-refractivity contribution in [3.8, 4) is 0 Å². The average molecular weight is 481 g/mol. The maximum Gasteiger partial charge on any atom is 0.345 e. The van der Waals surface area contributed by atoms with Gasteiger partial charge < -0.3 is 9.84 Å². The third-order valence-electron chi connectivity index (χ3n) is 6.51. The van der Waals surface area contributed by atoms with Gasteiger partial charge >= 0.3 is 11.9 Å². The highest BCUT2D eigenvalue weighted by molar-refractivity contribution is 5.77. The number of ether oxygens (including phenoxy) is 1. The van der Waals surface area contributed by atoms with Crippen LogP contribution in [0.15, 0.2) is 12.2 Å². The number of hydrogen-bond acceptors (Lipinski definition) is 3. The molecule has 0 aliphatic rings. The van der Waals surface area contributed by atoms with E-state index in [4.69, 9.17) is 4.74 Å². The summed E-state index contributed by atoms with van der Waals surface area (Å²) in [7, 11) is 0. The molecule has 0 aromatic heterocycles. The largest absolute Gasteiger partial charge is 0.479 e. The van der Waals surface area contributed by atoms with Gasteiger partial charge in [-0.1, -0.05) is 122 Å². The standard InChI is InChI=1S/C30H56O4/c1-3-5-7-9-11-13-14-15-16-17-18-19-21-23-25-27-29(31)34-28(30(32)33)26-24-22-20-12-10-8-6-4-2/h15-16,28H,3-14,17-27H2,1-2H3,(H,32,33). The highest BCUT2D eigenvalue weighted by Crippen LogP contribution is 2.14. The van der Waals surface area contributed by atoms with Crippen molar-refractivity contribution in [2.75, 3.05) is 0 Å². The molecule has 1 N–H and O–H groups in total. The van der Waals surface area contributed by atoms with Crippen LogP contribution in [0.4, 0.5) is 0 Å². The van der Waals surface area contributed by atoms with Crippen molar-refractivity contribution in [1.29, 1.82) is 0 Å². The van der Waals surface area contributed by atoms with E-state index in [1.807, 2.05) is 0 Å². The second-order valence-corrected chi connectivity index (χ2v) is 9.91. The summed E-state index contributed by atoms with van der Waals surface area (Å²) in [5.74, 6) is -1.37. The molecule has 34 heavy (non-hydrogen) atoms. The van der Waals surface area contributed by atoms with Gasteiger partial charge in [0.15, 0.2) is 6.10 Å². The number of carboxylic acid groups (broad SMARTS) is 1. The Balaban J connectivity index is 3.59. The van der Waals surface area contributed by atoms with E-state index in [0.717, 1.165) is 44.9 Å². The van der Waals surface area contributed by atoms with Crippen molar-refractivity contribution in [3.05, 3.63) is 12.2 Å². The van der Waals surface area contributed by atoms with Crippen LogP contribution < -0.4 is 0 Å². The molecule has 0 radical (unpaired) electrons. The van der Waals surface area contributed by atoms with Gasteiger partial charge in [0.25, 0.3) is 0 Å². The molecule has 4 heteroatoms. The van der Waals surface area contributed by atoms with E-state index >= 15 is 0 Å². The lowest BCUT2D eigenvalue weighted by atomic mass is 10.1. The fourth-order valence-corrected chi connectivity index (χ4v) is 4.25. The van der Waals surface area contributed by atoms with E-state index in [0.29, 0.717) is 12.8 Å². The summed E-state index contributed by atoms with van der Waals surface area (Å²) < 4.78 is 5.24. The summed E-state index contributed by atoms with van der Waals surface area (Å²) in [6, 6.07) is 0. The molecule has 0 rings (SSSR count). The smallest absolute Gasteiger partial charge is 0.345 e. The Morgan fingerprint density at radius 3 is 1.50 bits per heavy atom. The lowest BCUT2D eigenvalue weighted by Crippen LogP contribution is -2.27. The lowest BCUT2D eigenvalue weighted by Gasteiger charge is -2.13. The zero-order valence-corrected chi connectivity index (χ0v) is 22.7. The first-order chi connectivity index (χ1) is 16.6. The van der Waals surface area contributed by atoms with E-state index in [1.165, 1.54) is 89.9 Å². The molecule has 0 aliphatic carbocycles. The van der Waals surface area contributed by atoms with Gasteiger partial charge in [-0.2, -0.15) is 0 Å². The van der Waals surface area contributed by atoms with Crippen LogP contribution >= 0.6 is 0 Å². The second-order valence-electron chi connectivity index (χ2n) is 9.91. The minimum Gasteiger partial charge on any atom is -0.479 e. The minimum atomic E-state index is -1.01. The Bertz CT molecular complexity index is 486. The molecule has 0 aliphatic heterocycles. The lowest BCUT2D eigenvalue weighted by molar-refractivity contribution is -0.164. The predicted octanol–water partition coefficient (Wildman–Crippen LogP) is 9.55. The quantitative estimate of drug-likeness (QED) is 0.0760. The number of allylic oxidation sites excluding steroid dienone is 2. The molecule has 0 spiro atoms. The van der Waals surface area contributed by atoms with Gasteiger partial charge in [-0.3, -0.25) is 4.79 Å². The first-order valence-corrected chi connectivity index (χ1v) is 14.7. The molecule has 0 amide bonds. The van der Waals surface area contributed by atoms with E-state index in [9.17, 15) is 14.7 Å². The SMILES string of the molecule is CCCCCCCCC=CCCCCCCCC(=O)OC(CCCCCCCCCC)C(=O)O. The molecule has 0 aromatic carbocycles. The van der Waals surface area contributed by atoms with Crippen molar-refractivity contribution in [2.45, 2.75) is 168 Å². The van der Waals surface area contributed by atoms with Crippen LogP contribution in [0.1, 0.15) is 162 Å². The van der Waals surface area contributed by atoms with Gasteiger partial charge in [-0.05, 0) is 44.9 Å². The van der Waals surface area contributed by atoms with E-state index < -0.39 is 12.1 Å². The van der Waals surface area contributed by atoms with Crippen LogP contribution in [0.25, 0.3) is 0 Å². The fraction of sp³-hybridized carbons (Fsp3) is 0.867. The predicted molar refractivity (Wildman–Crippen MR) is 144 cm³/mol. The van der Waals surface area contributed by atoms with E-state index in [-0.39, 0.29) is 5.97 Å². The number of carboxylic acids is 1. The molecular weight excluding hydrogens is 424 g/mol. The molecule has 0 saturated heterocycles. The number of carbonyl (C=O) groups is 2. The van der Waals surface area contributed by atoms with Gasteiger partial charge in [0, 0.05) is 6.42 Å². The van der Waals surface area contributed by atoms with E-state index in [1.54, 1.807) is 0 Å². The maximum atomic E-state index is 12.0. The van der Waals surface area contributed by atoms with E-state index in [2.05, 4.69) is 26.0 Å². The summed E-state index contributed by atoms with van der Waals surface area (Å²) in [6.45, 7) is 4.47.